The first kappa shape index (κ1) is 14.1. The van der Waals surface area contributed by atoms with E-state index in [1.54, 1.807) is 0 Å². The van der Waals surface area contributed by atoms with E-state index in [1.165, 1.54) is 5.56 Å². The van der Waals surface area contributed by atoms with Crippen LogP contribution in [0, 0.1) is 0 Å². The van der Waals surface area contributed by atoms with E-state index in [9.17, 15) is 4.79 Å². The summed E-state index contributed by atoms with van der Waals surface area (Å²) in [7, 11) is 0. The third kappa shape index (κ3) is 3.27. The number of halogens is 1. The number of benzene rings is 2. The average Bonchev–Trinajstić information content (AvgIpc) is 2.72. The molecule has 1 aliphatic heterocycles. The molecule has 3 nitrogen and oxygen atoms in total. The Morgan fingerprint density at radius 2 is 1.90 bits per heavy atom. The maximum Gasteiger partial charge on any atom is 0.227 e. The first-order chi connectivity index (χ1) is 10.2. The fourth-order valence-electron chi connectivity index (χ4n) is 2.57. The Morgan fingerprint density at radius 3 is 2.76 bits per heavy atom. The fourth-order valence-corrected chi connectivity index (χ4v) is 3.00. The van der Waals surface area contributed by atoms with E-state index < -0.39 is 0 Å². The van der Waals surface area contributed by atoms with Crippen molar-refractivity contribution in [1.29, 1.82) is 0 Å². The van der Waals surface area contributed by atoms with Gasteiger partial charge in [-0.15, -0.1) is 0 Å². The highest BCUT2D eigenvalue weighted by Gasteiger charge is 2.19. The van der Waals surface area contributed by atoms with Crippen molar-refractivity contribution in [3.8, 4) is 0 Å². The van der Waals surface area contributed by atoms with Crippen molar-refractivity contribution in [2.24, 2.45) is 0 Å². The van der Waals surface area contributed by atoms with Crippen LogP contribution in [-0.4, -0.2) is 23.9 Å². The molecule has 0 radical (unpaired) electrons. The Balaban J connectivity index is 1.75. The Labute approximate surface area is 133 Å². The Morgan fingerprint density at radius 1 is 1.14 bits per heavy atom. The summed E-state index contributed by atoms with van der Waals surface area (Å²) in [6, 6.07) is 16.1. The molecule has 0 fully saturated rings. The second kappa shape index (κ2) is 6.31. The Bertz CT molecular complexity index is 657. The molecule has 0 spiro atoms. The minimum absolute atomic E-state index is 0.167. The minimum Gasteiger partial charge on any atom is -0.383 e. The van der Waals surface area contributed by atoms with Gasteiger partial charge in [-0.25, -0.2) is 0 Å². The van der Waals surface area contributed by atoms with E-state index >= 15 is 0 Å². The third-order valence-electron chi connectivity index (χ3n) is 3.73. The molecule has 0 atom stereocenters. The first-order valence-corrected chi connectivity index (χ1v) is 7.86. The highest BCUT2D eigenvalue weighted by Crippen LogP contribution is 2.21. The topological polar surface area (TPSA) is 32.3 Å². The van der Waals surface area contributed by atoms with E-state index in [2.05, 4.69) is 33.4 Å². The Hall–Kier alpha value is -1.81. The summed E-state index contributed by atoms with van der Waals surface area (Å²) in [5.41, 5.74) is 3.34. The van der Waals surface area contributed by atoms with Crippen molar-refractivity contribution in [3.05, 3.63) is 64.1 Å². The number of rotatable bonds is 2. The number of nitrogens with one attached hydrogen (secondary N) is 1. The molecular weight excluding hydrogens is 328 g/mol. The van der Waals surface area contributed by atoms with Crippen LogP contribution < -0.4 is 5.32 Å². The normalized spacial score (nSPS) is 14.0. The van der Waals surface area contributed by atoms with Gasteiger partial charge in [0.15, 0.2) is 0 Å². The number of nitrogens with zero attached hydrogens (tertiary/aromatic N) is 1. The molecule has 1 aliphatic rings. The molecule has 2 aromatic carbocycles. The van der Waals surface area contributed by atoms with Gasteiger partial charge in [-0.2, -0.15) is 0 Å². The molecule has 0 saturated heterocycles. The van der Waals surface area contributed by atoms with Crippen LogP contribution in [0.2, 0.25) is 0 Å². The zero-order valence-electron chi connectivity index (χ0n) is 11.7. The van der Waals surface area contributed by atoms with Crippen molar-refractivity contribution in [2.75, 3.05) is 18.4 Å². The molecule has 3 rings (SSSR count). The SMILES string of the molecule is O=C(Cc1ccccc1Br)N1CCNc2ccccc2C1. The van der Waals surface area contributed by atoms with Crippen molar-refractivity contribution in [1.82, 2.24) is 4.90 Å². The van der Waals surface area contributed by atoms with Gasteiger partial charge in [0.1, 0.15) is 0 Å². The molecule has 0 bridgehead atoms. The highest BCUT2D eigenvalue weighted by molar-refractivity contribution is 9.10. The largest absolute Gasteiger partial charge is 0.383 e. The summed E-state index contributed by atoms with van der Waals surface area (Å²) >= 11 is 3.51. The van der Waals surface area contributed by atoms with Crippen LogP contribution in [0.5, 0.6) is 0 Å². The molecule has 21 heavy (non-hydrogen) atoms. The molecule has 0 saturated carbocycles. The monoisotopic (exact) mass is 344 g/mol. The van der Waals surface area contributed by atoms with Gasteiger partial charge in [0.25, 0.3) is 0 Å². The van der Waals surface area contributed by atoms with Crippen molar-refractivity contribution < 1.29 is 4.79 Å². The average molecular weight is 345 g/mol. The molecule has 1 amide bonds. The molecular formula is C17H17BrN2O. The van der Waals surface area contributed by atoms with Gasteiger partial charge in [-0.05, 0) is 23.3 Å². The van der Waals surface area contributed by atoms with Gasteiger partial charge in [-0.1, -0.05) is 52.3 Å². The summed E-state index contributed by atoms with van der Waals surface area (Å²) in [5, 5.41) is 3.38. The number of para-hydroxylation sites is 1. The lowest BCUT2D eigenvalue weighted by atomic mass is 10.1. The number of carbonyl (C=O) groups is 1. The van der Waals surface area contributed by atoms with Crippen LogP contribution >= 0.6 is 15.9 Å². The molecule has 0 aliphatic carbocycles. The van der Waals surface area contributed by atoms with Crippen LogP contribution in [0.1, 0.15) is 11.1 Å². The van der Waals surface area contributed by atoms with Gasteiger partial charge in [0, 0.05) is 29.8 Å². The number of hydrogen-bond donors (Lipinski definition) is 1. The summed E-state index contributed by atoms with van der Waals surface area (Å²) < 4.78 is 0.992. The lowest BCUT2D eigenvalue weighted by Gasteiger charge is -2.20. The predicted octanol–water partition coefficient (Wildman–Crippen LogP) is 3.45. The summed E-state index contributed by atoms with van der Waals surface area (Å²) in [5.74, 6) is 0.167. The van der Waals surface area contributed by atoms with Crippen LogP contribution in [-0.2, 0) is 17.8 Å². The molecule has 1 heterocycles. The first-order valence-electron chi connectivity index (χ1n) is 7.07. The van der Waals surface area contributed by atoms with E-state index in [0.717, 1.165) is 28.8 Å². The molecule has 2 aromatic rings. The number of fused-ring (bicyclic) bond motifs is 1. The van der Waals surface area contributed by atoms with Gasteiger partial charge in [-0.3, -0.25) is 4.79 Å². The second-order valence-electron chi connectivity index (χ2n) is 5.17. The van der Waals surface area contributed by atoms with E-state index in [0.29, 0.717) is 13.0 Å². The fraction of sp³-hybridized carbons (Fsp3) is 0.235. The minimum atomic E-state index is 0.167. The van der Waals surface area contributed by atoms with E-state index in [4.69, 9.17) is 0 Å². The number of carbonyl (C=O) groups excluding carboxylic acids is 1. The van der Waals surface area contributed by atoms with Crippen LogP contribution in [0.4, 0.5) is 5.69 Å². The lowest BCUT2D eigenvalue weighted by molar-refractivity contribution is -0.130. The second-order valence-corrected chi connectivity index (χ2v) is 6.02. The quantitative estimate of drug-likeness (QED) is 0.904. The van der Waals surface area contributed by atoms with Crippen LogP contribution in [0.25, 0.3) is 0 Å². The van der Waals surface area contributed by atoms with Crippen LogP contribution in [0.3, 0.4) is 0 Å². The summed E-state index contributed by atoms with van der Waals surface area (Å²) in [6.07, 6.45) is 0.434. The standard InChI is InChI=1S/C17H17BrN2O/c18-15-7-3-1-5-13(15)11-17(21)20-10-9-19-16-8-4-2-6-14(16)12-20/h1-8,19H,9-12H2. The van der Waals surface area contributed by atoms with Crippen molar-refractivity contribution >= 4 is 27.5 Å². The summed E-state index contributed by atoms with van der Waals surface area (Å²) in [6.45, 7) is 2.20. The van der Waals surface area contributed by atoms with Crippen LogP contribution in [0.15, 0.2) is 53.0 Å². The van der Waals surface area contributed by atoms with E-state index in [1.807, 2.05) is 41.3 Å². The van der Waals surface area contributed by atoms with Gasteiger partial charge in [0.05, 0.1) is 6.42 Å². The van der Waals surface area contributed by atoms with Gasteiger partial charge < -0.3 is 10.2 Å². The molecule has 108 valence electrons. The number of anilines is 1. The number of hydrogen-bond acceptors (Lipinski definition) is 2. The molecule has 0 aromatic heterocycles. The smallest absolute Gasteiger partial charge is 0.227 e. The van der Waals surface area contributed by atoms with Gasteiger partial charge in [0.2, 0.25) is 5.91 Å². The zero-order chi connectivity index (χ0) is 14.7. The van der Waals surface area contributed by atoms with Crippen molar-refractivity contribution in [2.45, 2.75) is 13.0 Å². The predicted molar refractivity (Wildman–Crippen MR) is 88.2 cm³/mol. The van der Waals surface area contributed by atoms with Gasteiger partial charge >= 0.3 is 0 Å². The zero-order valence-corrected chi connectivity index (χ0v) is 13.3. The lowest BCUT2D eigenvalue weighted by Crippen LogP contribution is -2.33. The third-order valence-corrected chi connectivity index (χ3v) is 4.50. The maximum atomic E-state index is 12.6. The molecule has 0 unspecified atom stereocenters. The van der Waals surface area contributed by atoms with E-state index in [-0.39, 0.29) is 5.91 Å². The Kier molecular flexibility index (Phi) is 4.25. The molecule has 4 heteroatoms. The highest BCUT2D eigenvalue weighted by atomic mass is 79.9. The number of amides is 1. The van der Waals surface area contributed by atoms with Crippen molar-refractivity contribution in [3.63, 3.8) is 0 Å². The summed E-state index contributed by atoms with van der Waals surface area (Å²) in [4.78, 5) is 14.5. The molecule has 1 N–H and O–H groups in total. The maximum absolute atomic E-state index is 12.6.